The first kappa shape index (κ1) is 13.0. The van der Waals surface area contributed by atoms with Gasteiger partial charge in [-0.3, -0.25) is 19.3 Å². The van der Waals surface area contributed by atoms with Crippen LogP contribution in [0.25, 0.3) is 0 Å². The van der Waals surface area contributed by atoms with E-state index < -0.39 is 5.97 Å². The van der Waals surface area contributed by atoms with Crippen molar-refractivity contribution >= 4 is 5.97 Å². The lowest BCUT2D eigenvalue weighted by atomic mass is 10.2. The lowest BCUT2D eigenvalue weighted by Gasteiger charge is -2.33. The van der Waals surface area contributed by atoms with Crippen molar-refractivity contribution in [2.45, 2.75) is 13.5 Å². The second kappa shape index (κ2) is 5.49. The van der Waals surface area contributed by atoms with Gasteiger partial charge in [0, 0.05) is 39.8 Å². The second-order valence-corrected chi connectivity index (χ2v) is 4.85. The molecule has 1 aliphatic heterocycles. The van der Waals surface area contributed by atoms with Crippen LogP contribution in [0.15, 0.2) is 6.07 Å². The van der Waals surface area contributed by atoms with Crippen LogP contribution in [-0.4, -0.2) is 63.4 Å². The van der Waals surface area contributed by atoms with E-state index >= 15 is 0 Å². The molecule has 1 fully saturated rings. The van der Waals surface area contributed by atoms with E-state index in [9.17, 15) is 4.79 Å². The highest BCUT2D eigenvalue weighted by atomic mass is 16.4. The maximum absolute atomic E-state index is 10.6. The minimum atomic E-state index is -0.745. The van der Waals surface area contributed by atoms with E-state index in [4.69, 9.17) is 5.11 Å². The first-order valence-corrected chi connectivity index (χ1v) is 6.20. The molecule has 1 aromatic rings. The number of hydrogen-bond acceptors (Lipinski definition) is 4. The summed E-state index contributed by atoms with van der Waals surface area (Å²) in [6.45, 7) is 6.51. The zero-order valence-electron chi connectivity index (χ0n) is 11.0. The fourth-order valence-electron chi connectivity index (χ4n) is 2.34. The van der Waals surface area contributed by atoms with E-state index in [1.54, 1.807) is 0 Å². The van der Waals surface area contributed by atoms with Gasteiger partial charge in [-0.05, 0) is 13.0 Å². The van der Waals surface area contributed by atoms with E-state index in [1.165, 1.54) is 5.69 Å². The number of nitrogens with zero attached hydrogens (tertiary/aromatic N) is 4. The molecule has 0 amide bonds. The number of piperazine rings is 1. The van der Waals surface area contributed by atoms with Crippen molar-refractivity contribution in [2.75, 3.05) is 32.7 Å². The molecule has 100 valence electrons. The number of carboxylic acids is 1. The lowest BCUT2D eigenvalue weighted by molar-refractivity contribution is -0.138. The molecule has 1 N–H and O–H groups in total. The molecule has 18 heavy (non-hydrogen) atoms. The molecule has 1 saturated heterocycles. The van der Waals surface area contributed by atoms with Gasteiger partial charge >= 0.3 is 5.97 Å². The van der Waals surface area contributed by atoms with Crippen LogP contribution < -0.4 is 0 Å². The Labute approximate surface area is 107 Å². The number of hydrogen-bond donors (Lipinski definition) is 1. The zero-order chi connectivity index (χ0) is 13.1. The first-order valence-electron chi connectivity index (χ1n) is 6.20. The summed E-state index contributed by atoms with van der Waals surface area (Å²) in [5.74, 6) is -0.745. The Hall–Kier alpha value is -1.40. The molecule has 0 aliphatic carbocycles. The van der Waals surface area contributed by atoms with Gasteiger partial charge in [-0.25, -0.2) is 0 Å². The van der Waals surface area contributed by atoms with E-state index in [2.05, 4.69) is 16.1 Å². The van der Waals surface area contributed by atoms with Crippen molar-refractivity contribution in [3.05, 3.63) is 17.5 Å². The summed E-state index contributed by atoms with van der Waals surface area (Å²) in [6.07, 6.45) is 0. The fourth-order valence-corrected chi connectivity index (χ4v) is 2.34. The third kappa shape index (κ3) is 3.30. The lowest BCUT2D eigenvalue weighted by Crippen LogP contribution is -2.47. The van der Waals surface area contributed by atoms with Crippen molar-refractivity contribution in [1.29, 1.82) is 0 Å². The summed E-state index contributed by atoms with van der Waals surface area (Å²) in [5.41, 5.74) is 2.25. The Kier molecular flexibility index (Phi) is 3.98. The monoisotopic (exact) mass is 252 g/mol. The Balaban J connectivity index is 1.83. The predicted octanol–water partition coefficient (Wildman–Crippen LogP) is -0.0693. The molecule has 0 spiro atoms. The Bertz CT molecular complexity index is 422. The minimum absolute atomic E-state index is 0.151. The fraction of sp³-hybridized carbons (Fsp3) is 0.667. The Morgan fingerprint density at radius 2 is 1.94 bits per heavy atom. The first-order chi connectivity index (χ1) is 8.54. The molecule has 0 atom stereocenters. The van der Waals surface area contributed by atoms with Crippen molar-refractivity contribution in [1.82, 2.24) is 19.6 Å². The van der Waals surface area contributed by atoms with Crippen molar-refractivity contribution < 1.29 is 9.90 Å². The highest BCUT2D eigenvalue weighted by Gasteiger charge is 2.19. The number of aromatic nitrogens is 2. The van der Waals surface area contributed by atoms with Crippen LogP contribution >= 0.6 is 0 Å². The Morgan fingerprint density at radius 1 is 1.33 bits per heavy atom. The normalized spacial score (nSPS) is 18.1. The predicted molar refractivity (Wildman–Crippen MR) is 67.3 cm³/mol. The number of rotatable bonds is 4. The molecular formula is C12H20N4O2. The van der Waals surface area contributed by atoms with Crippen LogP contribution in [0.2, 0.25) is 0 Å². The second-order valence-electron chi connectivity index (χ2n) is 4.85. The van der Waals surface area contributed by atoms with E-state index in [0.717, 1.165) is 38.4 Å². The van der Waals surface area contributed by atoms with Crippen LogP contribution in [0.1, 0.15) is 11.4 Å². The molecule has 0 radical (unpaired) electrons. The molecule has 6 nitrogen and oxygen atoms in total. The van der Waals surface area contributed by atoms with Gasteiger partial charge in [0.05, 0.1) is 17.9 Å². The van der Waals surface area contributed by atoms with E-state index in [1.807, 2.05) is 23.6 Å². The van der Waals surface area contributed by atoms with Crippen LogP contribution in [0.3, 0.4) is 0 Å². The van der Waals surface area contributed by atoms with Gasteiger partial charge in [-0.2, -0.15) is 5.10 Å². The van der Waals surface area contributed by atoms with Crippen molar-refractivity contribution in [2.24, 2.45) is 7.05 Å². The molecule has 0 unspecified atom stereocenters. The highest BCUT2D eigenvalue weighted by Crippen LogP contribution is 2.09. The summed E-state index contributed by atoms with van der Waals surface area (Å²) in [4.78, 5) is 14.9. The maximum atomic E-state index is 10.6. The van der Waals surface area contributed by atoms with Crippen LogP contribution in [0.4, 0.5) is 0 Å². The molecule has 2 heterocycles. The van der Waals surface area contributed by atoms with Gasteiger partial charge in [-0.15, -0.1) is 0 Å². The van der Waals surface area contributed by atoms with Gasteiger partial charge in [0.1, 0.15) is 0 Å². The summed E-state index contributed by atoms with van der Waals surface area (Å²) in [7, 11) is 1.96. The van der Waals surface area contributed by atoms with E-state index in [0.29, 0.717) is 0 Å². The third-order valence-electron chi connectivity index (χ3n) is 3.31. The molecule has 6 heteroatoms. The van der Waals surface area contributed by atoms with Gasteiger partial charge in [0.2, 0.25) is 0 Å². The largest absolute Gasteiger partial charge is 0.480 e. The molecule has 1 aliphatic rings. The smallest absolute Gasteiger partial charge is 0.317 e. The molecule has 2 rings (SSSR count). The SMILES string of the molecule is Cc1cc(CN2CCN(CC(=O)O)CC2)n(C)n1. The van der Waals surface area contributed by atoms with Crippen molar-refractivity contribution in [3.8, 4) is 0 Å². The topological polar surface area (TPSA) is 61.6 Å². The number of carbonyl (C=O) groups is 1. The zero-order valence-corrected chi connectivity index (χ0v) is 11.0. The summed E-state index contributed by atoms with van der Waals surface area (Å²) >= 11 is 0. The quantitative estimate of drug-likeness (QED) is 0.813. The van der Waals surface area contributed by atoms with Gasteiger partial charge < -0.3 is 5.11 Å². The third-order valence-corrected chi connectivity index (χ3v) is 3.31. The van der Waals surface area contributed by atoms with Crippen molar-refractivity contribution in [3.63, 3.8) is 0 Å². The van der Waals surface area contributed by atoms with Crippen LogP contribution in [-0.2, 0) is 18.4 Å². The number of aryl methyl sites for hydroxylation is 2. The molecule has 0 bridgehead atoms. The van der Waals surface area contributed by atoms with Gasteiger partial charge in [0.15, 0.2) is 0 Å². The standard InChI is InChI=1S/C12H20N4O2/c1-10-7-11(14(2)13-10)8-15-3-5-16(6-4-15)9-12(17)18/h7H,3-6,8-9H2,1-2H3,(H,17,18). The maximum Gasteiger partial charge on any atom is 0.317 e. The molecular weight excluding hydrogens is 232 g/mol. The summed E-state index contributed by atoms with van der Waals surface area (Å²) < 4.78 is 1.92. The summed E-state index contributed by atoms with van der Waals surface area (Å²) in [6, 6.07) is 2.10. The number of aliphatic carboxylic acids is 1. The molecule has 0 saturated carbocycles. The summed E-state index contributed by atoms with van der Waals surface area (Å²) in [5, 5.41) is 13.1. The average molecular weight is 252 g/mol. The van der Waals surface area contributed by atoms with E-state index in [-0.39, 0.29) is 6.54 Å². The molecule has 1 aromatic heterocycles. The minimum Gasteiger partial charge on any atom is -0.480 e. The molecule has 0 aromatic carbocycles. The average Bonchev–Trinajstić information content (AvgIpc) is 2.59. The van der Waals surface area contributed by atoms with Crippen LogP contribution in [0.5, 0.6) is 0 Å². The number of carboxylic acid groups (broad SMARTS) is 1. The van der Waals surface area contributed by atoms with Gasteiger partial charge in [0.25, 0.3) is 0 Å². The highest BCUT2D eigenvalue weighted by molar-refractivity contribution is 5.69. The Morgan fingerprint density at radius 3 is 2.44 bits per heavy atom. The van der Waals surface area contributed by atoms with Crippen LogP contribution in [0, 0.1) is 6.92 Å². The van der Waals surface area contributed by atoms with Gasteiger partial charge in [-0.1, -0.05) is 0 Å².